The molecule has 0 rings (SSSR count). The van der Waals surface area contributed by atoms with Gasteiger partial charge in [0.1, 0.15) is 0 Å². The van der Waals surface area contributed by atoms with E-state index in [0.717, 1.165) is 31.4 Å². The van der Waals surface area contributed by atoms with Crippen molar-refractivity contribution in [3.63, 3.8) is 0 Å². The smallest absolute Gasteiger partial charge is 0.377 e. The maximum Gasteiger partial charge on any atom is 0.500 e. The molecule has 0 unspecified atom stereocenters. The van der Waals surface area contributed by atoms with Crippen molar-refractivity contribution in [3.8, 4) is 0 Å². The fourth-order valence-electron chi connectivity index (χ4n) is 3.09. The Balaban J connectivity index is 4.93. The van der Waals surface area contributed by atoms with Gasteiger partial charge in [-0.15, -0.1) is 0 Å². The average molecular weight is 383 g/mol. The second-order valence-electron chi connectivity index (χ2n) is 7.30. The van der Waals surface area contributed by atoms with Crippen molar-refractivity contribution >= 4 is 17.6 Å². The summed E-state index contributed by atoms with van der Waals surface area (Å²) in [7, 11) is 4.90. The van der Waals surface area contributed by atoms with Gasteiger partial charge in [0.15, 0.2) is 0 Å². The van der Waals surface area contributed by atoms with Crippen LogP contribution in [0.25, 0.3) is 0 Å². The normalized spacial score (nSPS) is 13.8. The Hall–Kier alpha value is 0.194. The molecule has 24 heavy (non-hydrogen) atoms. The number of hydrogen-bond acceptors (Lipinski definition) is 6. The summed E-state index contributed by atoms with van der Waals surface area (Å²) in [6.45, 7) is 6.80. The largest absolute Gasteiger partial charge is 0.500 e. The molecule has 146 valence electrons. The zero-order valence-electron chi connectivity index (χ0n) is 17.1. The molecule has 8 heteroatoms. The third-order valence-corrected chi connectivity index (χ3v) is 10.0. The molecule has 0 aromatic carbocycles. The van der Waals surface area contributed by atoms with Gasteiger partial charge in [-0.1, -0.05) is 20.8 Å². The highest BCUT2D eigenvalue weighted by Gasteiger charge is 2.41. The zero-order valence-corrected chi connectivity index (χ0v) is 19.1. The van der Waals surface area contributed by atoms with Crippen molar-refractivity contribution in [2.75, 3.05) is 42.7 Å². The third-order valence-electron chi connectivity index (χ3n) is 4.48. The van der Waals surface area contributed by atoms with E-state index < -0.39 is 17.6 Å². The molecule has 0 aromatic rings. The summed E-state index contributed by atoms with van der Waals surface area (Å²) in [6, 6.07) is 1.61. The summed E-state index contributed by atoms with van der Waals surface area (Å²) in [5.74, 6) is 0.504. The lowest BCUT2D eigenvalue weighted by molar-refractivity contribution is 0.115. The Morgan fingerprint density at radius 2 is 0.917 bits per heavy atom. The first-order chi connectivity index (χ1) is 11.1. The lowest BCUT2D eigenvalue weighted by Gasteiger charge is -2.31. The molecule has 0 spiro atoms. The minimum atomic E-state index is -2.54. The molecule has 0 radical (unpaired) electrons. The van der Waals surface area contributed by atoms with E-state index in [2.05, 4.69) is 20.8 Å². The van der Waals surface area contributed by atoms with Crippen molar-refractivity contribution < 1.29 is 26.6 Å². The summed E-state index contributed by atoms with van der Waals surface area (Å²) in [5, 5.41) is 0. The van der Waals surface area contributed by atoms with Gasteiger partial charge < -0.3 is 26.6 Å². The van der Waals surface area contributed by atoms with E-state index >= 15 is 0 Å². The Bertz CT molecular complexity index is 286. The Morgan fingerprint density at radius 3 is 1.12 bits per heavy atom. The van der Waals surface area contributed by atoms with Crippen LogP contribution in [0.1, 0.15) is 40.0 Å². The van der Waals surface area contributed by atoms with E-state index in [1.165, 1.54) is 0 Å². The van der Waals surface area contributed by atoms with Gasteiger partial charge in [0.2, 0.25) is 0 Å². The Labute approximate surface area is 150 Å². The molecule has 0 N–H and O–H groups in total. The van der Waals surface area contributed by atoms with Gasteiger partial charge in [0, 0.05) is 54.7 Å². The number of hydrogen-bond donors (Lipinski definition) is 0. The molecule has 0 saturated carbocycles. The van der Waals surface area contributed by atoms with Crippen LogP contribution >= 0.6 is 0 Å². The summed E-state index contributed by atoms with van der Waals surface area (Å²) in [4.78, 5) is 0. The highest BCUT2D eigenvalue weighted by Crippen LogP contribution is 2.34. The molecule has 0 saturated heterocycles. The second kappa shape index (κ2) is 11.0. The minimum absolute atomic E-state index is 0.250. The van der Waals surface area contributed by atoms with Gasteiger partial charge in [0.05, 0.1) is 0 Å². The first-order valence-electron chi connectivity index (χ1n) is 8.46. The molecule has 0 aromatic heterocycles. The Kier molecular flexibility index (Phi) is 11.1. The van der Waals surface area contributed by atoms with Crippen molar-refractivity contribution in [1.82, 2.24) is 0 Å². The second-order valence-corrected chi connectivity index (χ2v) is 13.5. The molecule has 0 fully saturated rings. The van der Waals surface area contributed by atoms with Gasteiger partial charge in [-0.2, -0.15) is 0 Å². The highest BCUT2D eigenvalue weighted by atomic mass is 28.4. The highest BCUT2D eigenvalue weighted by molar-refractivity contribution is 6.61. The van der Waals surface area contributed by atoms with Gasteiger partial charge in [-0.25, -0.2) is 0 Å². The quantitative estimate of drug-likeness (QED) is 0.454. The van der Waals surface area contributed by atoms with E-state index in [0.29, 0.717) is 5.92 Å². The Morgan fingerprint density at radius 1 is 0.625 bits per heavy atom. The van der Waals surface area contributed by atoms with Crippen molar-refractivity contribution in [2.24, 2.45) is 11.3 Å². The van der Waals surface area contributed by atoms with Crippen molar-refractivity contribution in [3.05, 3.63) is 0 Å². The molecule has 0 aliphatic heterocycles. The van der Waals surface area contributed by atoms with Gasteiger partial charge in [-0.05, 0) is 30.6 Å². The standard InChI is InChI=1S/C16H38O6Si2/c1-16(2,3)14-15(10-12-23(17-4,18-5)19-6)11-13-24(20-7,21-8)22-9/h15H,10-14H2,1-9H3. The molecular formula is C16H38O6Si2. The average Bonchev–Trinajstić information content (AvgIpc) is 2.56. The van der Waals surface area contributed by atoms with Gasteiger partial charge in [0.25, 0.3) is 0 Å². The van der Waals surface area contributed by atoms with Crippen LogP contribution in [0.2, 0.25) is 12.1 Å². The van der Waals surface area contributed by atoms with E-state index in [-0.39, 0.29) is 5.41 Å². The SMILES string of the molecule is CO[Si](CCC(CC[Si](OC)(OC)OC)CC(C)(C)C)(OC)OC. The molecule has 0 bridgehead atoms. The molecule has 0 heterocycles. The third kappa shape index (κ3) is 8.05. The van der Waals surface area contributed by atoms with Crippen molar-refractivity contribution in [1.29, 1.82) is 0 Å². The first kappa shape index (κ1) is 24.2. The van der Waals surface area contributed by atoms with Crippen LogP contribution < -0.4 is 0 Å². The van der Waals surface area contributed by atoms with Crippen LogP contribution in [0.4, 0.5) is 0 Å². The van der Waals surface area contributed by atoms with E-state index in [1.54, 1.807) is 42.7 Å². The fourth-order valence-corrected chi connectivity index (χ4v) is 6.84. The van der Waals surface area contributed by atoms with Crippen LogP contribution in [0.3, 0.4) is 0 Å². The molecule has 0 atom stereocenters. The predicted molar refractivity (Wildman–Crippen MR) is 100.0 cm³/mol. The van der Waals surface area contributed by atoms with E-state index in [9.17, 15) is 0 Å². The summed E-state index contributed by atoms with van der Waals surface area (Å²) in [5.41, 5.74) is 0.250. The monoisotopic (exact) mass is 382 g/mol. The van der Waals surface area contributed by atoms with Gasteiger partial charge in [-0.3, -0.25) is 0 Å². The topological polar surface area (TPSA) is 55.4 Å². The van der Waals surface area contributed by atoms with Gasteiger partial charge >= 0.3 is 17.6 Å². The summed E-state index contributed by atoms with van der Waals surface area (Å²) < 4.78 is 33.3. The van der Waals surface area contributed by atoms with Crippen LogP contribution in [-0.4, -0.2) is 60.3 Å². The maximum absolute atomic E-state index is 5.55. The molecule has 0 aliphatic rings. The summed E-state index contributed by atoms with van der Waals surface area (Å²) >= 11 is 0. The lowest BCUT2D eigenvalue weighted by Crippen LogP contribution is -2.44. The lowest BCUT2D eigenvalue weighted by atomic mass is 9.82. The predicted octanol–water partition coefficient (Wildman–Crippen LogP) is 3.58. The molecule has 6 nitrogen and oxygen atoms in total. The van der Waals surface area contributed by atoms with Crippen LogP contribution in [0, 0.1) is 11.3 Å². The molecular weight excluding hydrogens is 344 g/mol. The van der Waals surface area contributed by atoms with Crippen molar-refractivity contribution in [2.45, 2.75) is 52.1 Å². The first-order valence-corrected chi connectivity index (χ1v) is 12.3. The van der Waals surface area contributed by atoms with E-state index in [1.807, 2.05) is 0 Å². The number of rotatable bonds is 13. The minimum Gasteiger partial charge on any atom is -0.377 e. The van der Waals surface area contributed by atoms with E-state index in [4.69, 9.17) is 26.6 Å². The molecule has 0 aliphatic carbocycles. The van der Waals surface area contributed by atoms with Crippen LogP contribution in [-0.2, 0) is 26.6 Å². The summed E-state index contributed by atoms with van der Waals surface area (Å²) in [6.07, 6.45) is 3.08. The van der Waals surface area contributed by atoms with Crippen LogP contribution in [0.5, 0.6) is 0 Å². The molecule has 0 amide bonds. The van der Waals surface area contributed by atoms with Crippen LogP contribution in [0.15, 0.2) is 0 Å². The fraction of sp³-hybridized carbons (Fsp3) is 1.00. The zero-order chi connectivity index (χ0) is 18.9. The maximum atomic E-state index is 5.55.